The number of carbonyl (C=O) groups is 6. The Morgan fingerprint density at radius 2 is 1.69 bits per heavy atom. The van der Waals surface area contributed by atoms with Crippen molar-refractivity contribution in [3.05, 3.63) is 81.1 Å². The molecule has 7 rings (SSSR count). The first kappa shape index (κ1) is 41.2. The molecule has 16 nitrogen and oxygen atoms in total. The summed E-state index contributed by atoms with van der Waals surface area (Å²) in [7, 11) is 0. The molecular formula is C41H45ClN10O6S. The van der Waals surface area contributed by atoms with Crippen molar-refractivity contribution in [1.82, 2.24) is 30.1 Å². The number of piperazine rings is 1. The van der Waals surface area contributed by atoms with Crippen LogP contribution in [-0.2, 0) is 25.7 Å². The highest BCUT2D eigenvalue weighted by Gasteiger charge is 2.40. The van der Waals surface area contributed by atoms with Crippen LogP contribution >= 0.6 is 22.9 Å². The van der Waals surface area contributed by atoms with Gasteiger partial charge in [-0.3, -0.25) is 34.1 Å². The second-order valence-corrected chi connectivity index (χ2v) is 16.2. The Morgan fingerprint density at radius 1 is 0.932 bits per heavy atom. The maximum Gasteiger partial charge on any atom is 0.267 e. The fourth-order valence-corrected chi connectivity index (χ4v) is 8.45. The minimum Gasteiger partial charge on any atom is -0.353 e. The summed E-state index contributed by atoms with van der Waals surface area (Å²) in [5.74, 6) is 0.379. The number of thiazole rings is 1. The topological polar surface area (TPSA) is 199 Å². The van der Waals surface area contributed by atoms with E-state index >= 15 is 0 Å². The number of fused-ring (bicyclic) bond motifs is 1. The molecule has 0 bridgehead atoms. The Hall–Kier alpha value is -5.94. The zero-order chi connectivity index (χ0) is 41.6. The molecular weight excluding hydrogens is 796 g/mol. The van der Waals surface area contributed by atoms with Crippen LogP contribution in [0.1, 0.15) is 88.3 Å². The van der Waals surface area contributed by atoms with Gasteiger partial charge in [0.1, 0.15) is 28.4 Å². The van der Waals surface area contributed by atoms with E-state index in [1.807, 2.05) is 36.9 Å². The van der Waals surface area contributed by atoms with Gasteiger partial charge in [0.25, 0.3) is 11.8 Å². The molecule has 5 heterocycles. The highest BCUT2D eigenvalue weighted by Crippen LogP contribution is 2.33. The normalized spacial score (nSPS) is 16.5. The molecule has 3 aliphatic rings. The Morgan fingerprint density at radius 3 is 2.46 bits per heavy atom. The number of unbranched alkanes of at least 4 members (excludes halogenated alkanes) is 3. The van der Waals surface area contributed by atoms with Gasteiger partial charge >= 0.3 is 0 Å². The Bertz CT molecular complexity index is 2270. The number of carbonyl (C=O) groups excluding carboxylic acids is 6. The lowest BCUT2D eigenvalue weighted by Gasteiger charge is -2.35. The zero-order valence-corrected chi connectivity index (χ0v) is 34.4. The Kier molecular flexibility index (Phi) is 12.8. The van der Waals surface area contributed by atoms with Crippen molar-refractivity contribution < 1.29 is 28.8 Å². The molecule has 4 aromatic rings. The van der Waals surface area contributed by atoms with Gasteiger partial charge in [0.15, 0.2) is 5.13 Å². The molecule has 2 aromatic heterocycles. The summed E-state index contributed by atoms with van der Waals surface area (Å²) in [4.78, 5) is 95.3. The van der Waals surface area contributed by atoms with Crippen molar-refractivity contribution in [1.29, 1.82) is 0 Å². The number of anilines is 5. The van der Waals surface area contributed by atoms with E-state index in [-0.39, 0.29) is 48.9 Å². The number of benzene rings is 2. The van der Waals surface area contributed by atoms with Crippen LogP contribution in [0.4, 0.5) is 28.1 Å². The van der Waals surface area contributed by atoms with Gasteiger partial charge in [0, 0.05) is 74.9 Å². The second kappa shape index (κ2) is 18.3. The number of rotatable bonds is 14. The third-order valence-corrected chi connectivity index (χ3v) is 11.8. The van der Waals surface area contributed by atoms with Crippen molar-refractivity contribution in [3.8, 4) is 0 Å². The van der Waals surface area contributed by atoms with Crippen LogP contribution in [0.15, 0.2) is 48.7 Å². The highest BCUT2D eigenvalue weighted by molar-refractivity contribution is 7.17. The van der Waals surface area contributed by atoms with E-state index in [2.05, 4.69) is 41.1 Å². The smallest absolute Gasteiger partial charge is 0.267 e. The molecule has 2 aromatic carbocycles. The van der Waals surface area contributed by atoms with Crippen LogP contribution in [-0.4, -0.2) is 92.4 Å². The second-order valence-electron chi connectivity index (χ2n) is 14.8. The van der Waals surface area contributed by atoms with Gasteiger partial charge in [-0.2, -0.15) is 0 Å². The van der Waals surface area contributed by atoms with Gasteiger partial charge < -0.3 is 30.7 Å². The third-order valence-electron chi connectivity index (χ3n) is 10.6. The van der Waals surface area contributed by atoms with E-state index < -0.39 is 11.9 Å². The average Bonchev–Trinajstić information content (AvgIpc) is 3.82. The van der Waals surface area contributed by atoms with Crippen molar-refractivity contribution in [2.45, 2.75) is 77.8 Å². The molecule has 0 aliphatic carbocycles. The van der Waals surface area contributed by atoms with Gasteiger partial charge in [-0.15, -0.1) is 0 Å². The summed E-state index contributed by atoms with van der Waals surface area (Å²) < 4.78 is 0. The number of nitrogens with one attached hydrogen (secondary N) is 4. The van der Waals surface area contributed by atoms with Crippen LogP contribution in [0.2, 0.25) is 5.02 Å². The van der Waals surface area contributed by atoms with Crippen molar-refractivity contribution in [2.24, 2.45) is 0 Å². The molecule has 0 spiro atoms. The van der Waals surface area contributed by atoms with E-state index in [0.29, 0.717) is 94.6 Å². The molecule has 4 N–H and O–H groups in total. The molecule has 0 radical (unpaired) electrons. The number of aromatic nitrogens is 3. The molecule has 2 fully saturated rings. The van der Waals surface area contributed by atoms with E-state index in [4.69, 9.17) is 11.6 Å². The molecule has 0 saturated carbocycles. The number of hydrogen-bond acceptors (Lipinski definition) is 12. The largest absolute Gasteiger partial charge is 0.353 e. The number of aryl methyl sites for hydroxylation is 2. The summed E-state index contributed by atoms with van der Waals surface area (Å²) in [6.07, 6.45) is 5.69. The molecule has 1 atom stereocenters. The summed E-state index contributed by atoms with van der Waals surface area (Å²) in [5.41, 5.74) is 3.08. The molecule has 3 aliphatic heterocycles. The summed E-state index contributed by atoms with van der Waals surface area (Å²) in [5, 5.41) is 12.3. The fourth-order valence-electron chi connectivity index (χ4n) is 7.46. The number of amides is 6. The molecule has 308 valence electrons. The van der Waals surface area contributed by atoms with Gasteiger partial charge in [-0.05, 0) is 56.9 Å². The van der Waals surface area contributed by atoms with E-state index in [1.54, 1.807) is 24.3 Å². The van der Waals surface area contributed by atoms with E-state index in [0.717, 1.165) is 30.6 Å². The maximum absolute atomic E-state index is 13.1. The van der Waals surface area contributed by atoms with Crippen LogP contribution in [0.3, 0.4) is 0 Å². The minimum absolute atomic E-state index is 0.107. The number of para-hydroxylation sites is 1. The first-order chi connectivity index (χ1) is 28.4. The van der Waals surface area contributed by atoms with Crippen LogP contribution < -0.4 is 26.2 Å². The molecule has 18 heteroatoms. The number of imide groups is 1. The van der Waals surface area contributed by atoms with Gasteiger partial charge in [-0.1, -0.05) is 54.0 Å². The fraction of sp³-hybridized carbons (Fsp3) is 0.390. The van der Waals surface area contributed by atoms with E-state index in [1.165, 1.54) is 22.4 Å². The Labute approximate surface area is 350 Å². The quantitative estimate of drug-likeness (QED) is 0.0912. The third kappa shape index (κ3) is 9.85. The number of nitrogens with zero attached hydrogens (tertiary/aromatic N) is 6. The minimum atomic E-state index is -0.723. The number of hydrogen-bond donors (Lipinski definition) is 4. The lowest BCUT2D eigenvalue weighted by Crippen LogP contribution is -2.52. The number of halogens is 1. The molecule has 6 amide bonds. The monoisotopic (exact) mass is 840 g/mol. The first-order valence-electron chi connectivity index (χ1n) is 19.7. The molecule has 1 unspecified atom stereocenters. The predicted molar refractivity (Wildman–Crippen MR) is 224 cm³/mol. The standard InChI is InChI=1S/C41H45ClN10O6S/c1-24-9-7-11-28(42)37(24)49-39(57)31-22-43-41(59-31)47-32-21-33(45-25(2)44-32)50-17-19-51(20-18-50)36(55)14-6-4-3-5-13-34(53)46-29-12-8-10-26-27(29)23-52(40(26)58)30-15-16-35(54)48-38(30)56/h7-12,21-22,30H,3-6,13-20,23H2,1-2H3,(H,46,53)(H,49,57)(H,48,54,56)(H,43,44,45,47). The van der Waals surface area contributed by atoms with Crippen LogP contribution in [0.25, 0.3) is 0 Å². The van der Waals surface area contributed by atoms with Crippen molar-refractivity contribution in [2.75, 3.05) is 47.0 Å². The van der Waals surface area contributed by atoms with Gasteiger partial charge in [0.2, 0.25) is 23.6 Å². The summed E-state index contributed by atoms with van der Waals surface area (Å²) >= 11 is 7.48. The van der Waals surface area contributed by atoms with Crippen molar-refractivity contribution >= 4 is 86.5 Å². The first-order valence-corrected chi connectivity index (χ1v) is 20.9. The number of piperidine rings is 1. The van der Waals surface area contributed by atoms with Gasteiger partial charge in [-0.25, -0.2) is 15.0 Å². The zero-order valence-electron chi connectivity index (χ0n) is 32.8. The van der Waals surface area contributed by atoms with Crippen molar-refractivity contribution in [3.63, 3.8) is 0 Å². The highest BCUT2D eigenvalue weighted by atomic mass is 35.5. The lowest BCUT2D eigenvalue weighted by atomic mass is 10.0. The maximum atomic E-state index is 13.1. The summed E-state index contributed by atoms with van der Waals surface area (Å²) in [6, 6.07) is 11.7. The average molecular weight is 841 g/mol. The molecule has 59 heavy (non-hydrogen) atoms. The van der Waals surface area contributed by atoms with Gasteiger partial charge in [0.05, 0.1) is 16.9 Å². The Balaban J connectivity index is 0.807. The SMILES string of the molecule is Cc1nc(Nc2ncc(C(=O)Nc3c(C)cccc3Cl)s2)cc(N2CCN(C(=O)CCCCCCC(=O)Nc3cccc4c3CN(C3CCC(=O)NC3=O)C4=O)CC2)n1. The predicted octanol–water partition coefficient (Wildman–Crippen LogP) is 5.59. The lowest BCUT2D eigenvalue weighted by molar-refractivity contribution is -0.137. The molecule has 2 saturated heterocycles. The van der Waals surface area contributed by atoms with Crippen LogP contribution in [0, 0.1) is 13.8 Å². The van der Waals surface area contributed by atoms with E-state index in [9.17, 15) is 28.8 Å². The summed E-state index contributed by atoms with van der Waals surface area (Å²) in [6.45, 7) is 6.25. The van der Waals surface area contributed by atoms with Crippen LogP contribution in [0.5, 0.6) is 0 Å².